The third-order valence-corrected chi connectivity index (χ3v) is 5.24. The van der Waals surface area contributed by atoms with Gasteiger partial charge < -0.3 is 14.9 Å². The molecule has 2 aromatic rings. The number of carbonyl (C=O) groups excluding carboxylic acids is 2. The number of pyridine rings is 1. The van der Waals surface area contributed by atoms with Gasteiger partial charge in [-0.15, -0.1) is 0 Å². The fourth-order valence-electron chi connectivity index (χ4n) is 3.97. The van der Waals surface area contributed by atoms with Gasteiger partial charge >= 0.3 is 0 Å². The Bertz CT molecular complexity index is 782. The van der Waals surface area contributed by atoms with E-state index in [1.54, 1.807) is 34.2 Å². The van der Waals surface area contributed by atoms with E-state index in [1.807, 2.05) is 37.3 Å². The maximum atomic E-state index is 12.8. The molecule has 3 atom stereocenters. The molecule has 6 heteroatoms. The highest BCUT2D eigenvalue weighted by Gasteiger charge is 2.50. The zero-order chi connectivity index (χ0) is 19.4. The minimum Gasteiger partial charge on any atom is -0.394 e. The Morgan fingerprint density at radius 2 is 1.81 bits per heavy atom. The quantitative estimate of drug-likeness (QED) is 0.847. The lowest BCUT2D eigenvalue weighted by molar-refractivity contribution is -0.149. The number of benzene rings is 1. The third kappa shape index (κ3) is 3.71. The average Bonchev–Trinajstić information content (AvgIpc) is 2.68. The van der Waals surface area contributed by atoms with Gasteiger partial charge in [0.1, 0.15) is 5.69 Å². The Hall–Kier alpha value is -2.73. The molecule has 1 fully saturated rings. The molecule has 1 aromatic carbocycles. The molecule has 1 N–H and O–H groups in total. The van der Waals surface area contributed by atoms with Gasteiger partial charge in [0.15, 0.2) is 0 Å². The average molecular weight is 367 g/mol. The number of likely N-dealkylation sites (N-methyl/N-ethyl adjacent to an activating group) is 1. The number of hydrogen-bond acceptors (Lipinski definition) is 4. The maximum Gasteiger partial charge on any atom is 0.272 e. The monoisotopic (exact) mass is 367 g/mol. The molecule has 3 rings (SSSR count). The lowest BCUT2D eigenvalue weighted by atomic mass is 9.74. The molecule has 1 aromatic heterocycles. The Morgan fingerprint density at radius 3 is 2.37 bits per heavy atom. The second-order valence-electron chi connectivity index (χ2n) is 6.74. The van der Waals surface area contributed by atoms with Crippen molar-refractivity contribution in [2.75, 3.05) is 19.7 Å². The zero-order valence-corrected chi connectivity index (χ0v) is 15.7. The number of aliphatic hydroxyl groups is 1. The third-order valence-electron chi connectivity index (χ3n) is 5.24. The van der Waals surface area contributed by atoms with Gasteiger partial charge in [0.25, 0.3) is 5.91 Å². The Kier molecular flexibility index (Phi) is 5.86. The Morgan fingerprint density at radius 1 is 1.11 bits per heavy atom. The van der Waals surface area contributed by atoms with Gasteiger partial charge in [0, 0.05) is 32.1 Å². The molecule has 0 saturated carbocycles. The predicted molar refractivity (Wildman–Crippen MR) is 102 cm³/mol. The molecule has 0 spiro atoms. The first kappa shape index (κ1) is 19.0. The number of rotatable bonds is 6. The largest absolute Gasteiger partial charge is 0.394 e. The summed E-state index contributed by atoms with van der Waals surface area (Å²) in [5.74, 6) is -0.251. The molecule has 6 nitrogen and oxygen atoms in total. The summed E-state index contributed by atoms with van der Waals surface area (Å²) in [7, 11) is 0. The number of nitrogens with zero attached hydrogens (tertiary/aromatic N) is 3. The minimum absolute atomic E-state index is 0.00863. The molecule has 2 amide bonds. The van der Waals surface area contributed by atoms with Crippen molar-refractivity contribution >= 4 is 11.8 Å². The van der Waals surface area contributed by atoms with E-state index in [9.17, 15) is 14.7 Å². The van der Waals surface area contributed by atoms with Crippen molar-refractivity contribution in [3.8, 4) is 0 Å². The number of aliphatic hydroxyl groups excluding tert-OH is 1. The van der Waals surface area contributed by atoms with E-state index in [0.29, 0.717) is 18.8 Å². The summed E-state index contributed by atoms with van der Waals surface area (Å²) in [4.78, 5) is 32.6. The van der Waals surface area contributed by atoms with Crippen molar-refractivity contribution in [2.24, 2.45) is 0 Å². The Balaban J connectivity index is 1.86. The highest BCUT2D eigenvalue weighted by atomic mass is 16.3. The SMILES string of the molecule is CCN(C[C@H]1[C@@H](c2ccccc2)[C@@H](CO)N1C(C)=O)C(=O)c1ccccn1. The number of hydrogen-bond donors (Lipinski definition) is 1. The van der Waals surface area contributed by atoms with Gasteiger partial charge in [-0.1, -0.05) is 36.4 Å². The highest BCUT2D eigenvalue weighted by molar-refractivity contribution is 5.92. The van der Waals surface area contributed by atoms with Crippen LogP contribution in [0.4, 0.5) is 0 Å². The van der Waals surface area contributed by atoms with Crippen LogP contribution in [0.2, 0.25) is 0 Å². The summed E-state index contributed by atoms with van der Waals surface area (Å²) in [6, 6.07) is 14.7. The van der Waals surface area contributed by atoms with Gasteiger partial charge in [0.05, 0.1) is 18.7 Å². The van der Waals surface area contributed by atoms with Crippen LogP contribution >= 0.6 is 0 Å². The highest BCUT2D eigenvalue weighted by Crippen LogP contribution is 2.41. The molecule has 142 valence electrons. The molecule has 0 unspecified atom stereocenters. The van der Waals surface area contributed by atoms with Crippen LogP contribution < -0.4 is 0 Å². The minimum atomic E-state index is -0.265. The van der Waals surface area contributed by atoms with E-state index < -0.39 is 0 Å². The summed E-state index contributed by atoms with van der Waals surface area (Å²) in [6.07, 6.45) is 1.60. The van der Waals surface area contributed by atoms with Crippen molar-refractivity contribution in [2.45, 2.75) is 31.8 Å². The summed E-state index contributed by atoms with van der Waals surface area (Å²) in [6.45, 7) is 4.24. The molecule has 0 bridgehead atoms. The van der Waals surface area contributed by atoms with Crippen LogP contribution in [0.15, 0.2) is 54.7 Å². The molecular weight excluding hydrogens is 342 g/mol. The van der Waals surface area contributed by atoms with E-state index in [1.165, 1.54) is 6.92 Å². The molecule has 1 saturated heterocycles. The lowest BCUT2D eigenvalue weighted by Crippen LogP contribution is -2.68. The first-order valence-corrected chi connectivity index (χ1v) is 9.23. The molecule has 1 aliphatic heterocycles. The van der Waals surface area contributed by atoms with Crippen LogP contribution in [0.25, 0.3) is 0 Å². The smallest absolute Gasteiger partial charge is 0.272 e. The number of aromatic nitrogens is 1. The topological polar surface area (TPSA) is 73.7 Å². The van der Waals surface area contributed by atoms with E-state index in [2.05, 4.69) is 4.98 Å². The lowest BCUT2D eigenvalue weighted by Gasteiger charge is -2.55. The van der Waals surface area contributed by atoms with E-state index in [4.69, 9.17) is 0 Å². The van der Waals surface area contributed by atoms with Crippen LogP contribution in [0, 0.1) is 0 Å². The van der Waals surface area contributed by atoms with Gasteiger partial charge in [-0.25, -0.2) is 0 Å². The molecule has 1 aliphatic rings. The second kappa shape index (κ2) is 8.31. The standard InChI is InChI=1S/C21H25N3O3/c1-3-23(21(27)17-11-7-8-12-22-17)13-18-20(16-9-5-4-6-10-16)19(14-25)24(18)15(2)26/h4-12,18-20,25H,3,13-14H2,1-2H3/t18-,19+,20+/m0/s1. The van der Waals surface area contributed by atoms with Crippen LogP contribution in [-0.2, 0) is 4.79 Å². The van der Waals surface area contributed by atoms with Gasteiger partial charge in [-0.3, -0.25) is 14.6 Å². The molecule has 0 radical (unpaired) electrons. The predicted octanol–water partition coefficient (Wildman–Crippen LogP) is 1.92. The molecule has 2 heterocycles. The zero-order valence-electron chi connectivity index (χ0n) is 15.7. The van der Waals surface area contributed by atoms with E-state index in [0.717, 1.165) is 5.56 Å². The van der Waals surface area contributed by atoms with Crippen LogP contribution in [0.3, 0.4) is 0 Å². The molecule has 27 heavy (non-hydrogen) atoms. The second-order valence-corrected chi connectivity index (χ2v) is 6.74. The van der Waals surface area contributed by atoms with E-state index in [-0.39, 0.29) is 36.4 Å². The number of carbonyl (C=O) groups is 2. The molecular formula is C21H25N3O3. The normalized spacial score (nSPS) is 21.4. The molecule has 0 aliphatic carbocycles. The van der Waals surface area contributed by atoms with Gasteiger partial charge in [-0.2, -0.15) is 0 Å². The van der Waals surface area contributed by atoms with Crippen LogP contribution in [0.5, 0.6) is 0 Å². The number of amides is 2. The fraction of sp³-hybridized carbons (Fsp3) is 0.381. The Labute approximate surface area is 159 Å². The fourth-order valence-corrected chi connectivity index (χ4v) is 3.97. The van der Waals surface area contributed by atoms with Crippen LogP contribution in [0.1, 0.15) is 35.8 Å². The van der Waals surface area contributed by atoms with Crippen LogP contribution in [-0.4, -0.2) is 63.5 Å². The number of likely N-dealkylation sites (tertiary alicyclic amines) is 1. The first-order valence-electron chi connectivity index (χ1n) is 9.23. The summed E-state index contributed by atoms with van der Waals surface area (Å²) >= 11 is 0. The summed E-state index contributed by atoms with van der Waals surface area (Å²) in [5, 5.41) is 9.85. The maximum absolute atomic E-state index is 12.8. The van der Waals surface area contributed by atoms with E-state index >= 15 is 0 Å². The van der Waals surface area contributed by atoms with Crippen molar-refractivity contribution in [1.29, 1.82) is 0 Å². The summed E-state index contributed by atoms with van der Waals surface area (Å²) in [5.41, 5.74) is 1.46. The van der Waals surface area contributed by atoms with Gasteiger partial charge in [0.2, 0.25) is 5.91 Å². The first-order chi connectivity index (χ1) is 13.1. The van der Waals surface area contributed by atoms with Crippen molar-refractivity contribution in [3.63, 3.8) is 0 Å². The van der Waals surface area contributed by atoms with Crippen molar-refractivity contribution in [3.05, 3.63) is 66.0 Å². The van der Waals surface area contributed by atoms with Gasteiger partial charge in [-0.05, 0) is 24.6 Å². The van der Waals surface area contributed by atoms with Crippen molar-refractivity contribution in [1.82, 2.24) is 14.8 Å². The van der Waals surface area contributed by atoms with Crippen molar-refractivity contribution < 1.29 is 14.7 Å². The summed E-state index contributed by atoms with van der Waals surface area (Å²) < 4.78 is 0.